The summed E-state index contributed by atoms with van der Waals surface area (Å²) in [5, 5.41) is 14.1. The van der Waals surface area contributed by atoms with E-state index in [0.29, 0.717) is 65.1 Å². The summed E-state index contributed by atoms with van der Waals surface area (Å²) in [7, 11) is 3.18. The zero-order valence-electron chi connectivity index (χ0n) is 26.7. The molecular weight excluding hydrogens is 715 g/mol. The third-order valence-electron chi connectivity index (χ3n) is 6.17. The maximum Gasteiger partial charge on any atom is 0.365 e. The molecule has 0 amide bonds. The van der Waals surface area contributed by atoms with Crippen LogP contribution in [-0.2, 0) is 9.47 Å². The second kappa shape index (κ2) is 19.8. The molecule has 0 aliphatic heterocycles. The highest BCUT2D eigenvalue weighted by atomic mass is 35.5. The van der Waals surface area contributed by atoms with Crippen LogP contribution < -0.4 is 20.6 Å². The molecule has 16 heteroatoms. The van der Waals surface area contributed by atoms with Crippen LogP contribution in [-0.4, -0.2) is 72.5 Å². The van der Waals surface area contributed by atoms with Crippen molar-refractivity contribution in [3.63, 3.8) is 0 Å². The van der Waals surface area contributed by atoms with Crippen molar-refractivity contribution in [2.45, 2.75) is 28.2 Å². The molecule has 2 aromatic carbocycles. The molecule has 0 spiro atoms. The van der Waals surface area contributed by atoms with Crippen LogP contribution in [0.4, 0.5) is 5.69 Å². The number of carboxylic acids is 1. The van der Waals surface area contributed by atoms with Gasteiger partial charge >= 0.3 is 5.97 Å². The first-order valence-corrected chi connectivity index (χ1v) is 16.6. The summed E-state index contributed by atoms with van der Waals surface area (Å²) in [6, 6.07) is 8.18. The number of nitrogens with two attached hydrogens (primary N) is 1. The second-order valence-corrected chi connectivity index (χ2v) is 12.3. The van der Waals surface area contributed by atoms with Gasteiger partial charge in [-0.1, -0.05) is 30.6 Å². The van der Waals surface area contributed by atoms with Crippen LogP contribution in [0.5, 0.6) is 11.5 Å². The molecule has 264 valence electrons. The molecule has 0 fully saturated rings. The smallest absolute Gasteiger partial charge is 0.365 e. The Balaban J connectivity index is 0.000000279. The molecule has 0 bridgehead atoms. The summed E-state index contributed by atoms with van der Waals surface area (Å²) in [4.78, 5) is 45.0. The van der Waals surface area contributed by atoms with E-state index in [1.54, 1.807) is 56.9 Å². The number of benzene rings is 2. The summed E-state index contributed by atoms with van der Waals surface area (Å²) in [5.74, 6) is -0.100. The van der Waals surface area contributed by atoms with Crippen molar-refractivity contribution < 1.29 is 33.6 Å². The van der Waals surface area contributed by atoms with Crippen molar-refractivity contribution in [3.05, 3.63) is 83.3 Å². The first-order chi connectivity index (χ1) is 22.9. The monoisotopic (exact) mass is 752 g/mol. The van der Waals surface area contributed by atoms with Crippen LogP contribution in [0.25, 0.3) is 21.6 Å². The maximum absolute atomic E-state index is 12.3. The van der Waals surface area contributed by atoms with Gasteiger partial charge in [0.2, 0.25) is 5.01 Å². The average molecular weight is 754 g/mol. The number of fused-ring (bicyclic) bond motifs is 1. The lowest BCUT2D eigenvalue weighted by Gasteiger charge is -2.11. The van der Waals surface area contributed by atoms with Gasteiger partial charge in [0.1, 0.15) is 39.8 Å². The number of hydrogen-bond acceptors (Lipinski definition) is 12. The fourth-order valence-corrected chi connectivity index (χ4v) is 5.77. The number of aryl methyl sites for hydroxylation is 2. The fraction of sp³-hybridized carbons (Fsp3) is 0.303. The Morgan fingerprint density at radius 2 is 1.47 bits per heavy atom. The number of aromatic nitrogens is 3. The molecule has 0 unspecified atom stereocenters. The number of Topliss-reactive ketones (excluding diaryl/α,β-unsaturated/α-hetero) is 1. The van der Waals surface area contributed by atoms with E-state index in [0.717, 1.165) is 27.7 Å². The van der Waals surface area contributed by atoms with Crippen molar-refractivity contribution in [1.29, 1.82) is 0 Å². The number of pyridine rings is 1. The highest BCUT2D eigenvalue weighted by molar-refractivity contribution is 7.13. The van der Waals surface area contributed by atoms with Gasteiger partial charge in [-0.15, -0.1) is 22.7 Å². The van der Waals surface area contributed by atoms with Crippen LogP contribution in [0.15, 0.2) is 45.9 Å². The first-order valence-electron chi connectivity index (χ1n) is 14.1. The SMILES string of the molecule is C.COCCOc1ccc(C(C)=O)c(N)c1Cl.COCCOc1ccc2c(=O)cc(-c3nc(C)cs3)[nH]c2c1Cl.Cc1csc(C(=O)O)n1. The Labute approximate surface area is 301 Å². The highest BCUT2D eigenvalue weighted by Gasteiger charge is 2.14. The van der Waals surface area contributed by atoms with E-state index in [9.17, 15) is 14.4 Å². The number of carbonyl (C=O) groups excluding carboxylic acids is 1. The minimum absolute atomic E-state index is 0. The summed E-state index contributed by atoms with van der Waals surface area (Å²) in [6.45, 7) is 6.81. The number of aromatic amines is 1. The minimum Gasteiger partial charge on any atom is -0.490 e. The summed E-state index contributed by atoms with van der Waals surface area (Å²) in [6.07, 6.45) is 0. The van der Waals surface area contributed by atoms with Crippen molar-refractivity contribution in [2.24, 2.45) is 0 Å². The van der Waals surface area contributed by atoms with E-state index in [2.05, 4.69) is 15.0 Å². The standard InChI is InChI=1S/C16H15ClN2O3S.C11H14ClNO3.C5H5NO2S.CH4/c1-9-8-23-16(18-9)11-7-12(20)10-3-4-13(22-6-5-21-2)14(17)15(10)19-11;1-7(14)8-3-4-9(10(12)11(8)13)16-6-5-15-2;1-3-2-9-4(6-3)5(7)8;/h3-4,7-8H,5-6H2,1-2H3,(H,19,20);3-4H,5-6,13H2,1-2H3;2H,1H3,(H,7,8);1H4. The van der Waals surface area contributed by atoms with E-state index in [1.165, 1.54) is 18.3 Å². The van der Waals surface area contributed by atoms with E-state index >= 15 is 0 Å². The van der Waals surface area contributed by atoms with E-state index in [1.807, 2.05) is 12.3 Å². The van der Waals surface area contributed by atoms with Crippen molar-refractivity contribution in [2.75, 3.05) is 46.4 Å². The first kappa shape index (κ1) is 41.1. The highest BCUT2D eigenvalue weighted by Crippen LogP contribution is 2.34. The summed E-state index contributed by atoms with van der Waals surface area (Å²) < 4.78 is 20.7. The van der Waals surface area contributed by atoms with Crippen LogP contribution in [0.3, 0.4) is 0 Å². The predicted octanol–water partition coefficient (Wildman–Crippen LogP) is 7.57. The van der Waals surface area contributed by atoms with Gasteiger partial charge < -0.3 is 34.8 Å². The van der Waals surface area contributed by atoms with Gasteiger partial charge in [0.25, 0.3) is 0 Å². The number of halogens is 2. The zero-order chi connectivity index (χ0) is 35.4. The van der Waals surface area contributed by atoms with Gasteiger partial charge in [-0.3, -0.25) is 9.59 Å². The Hall–Kier alpha value is -4.05. The van der Waals surface area contributed by atoms with Gasteiger partial charge in [0.15, 0.2) is 11.2 Å². The number of thiazole rings is 2. The predicted molar refractivity (Wildman–Crippen MR) is 197 cm³/mol. The number of carbonyl (C=O) groups is 2. The molecule has 3 aromatic heterocycles. The number of hydrogen-bond donors (Lipinski definition) is 3. The van der Waals surface area contributed by atoms with Crippen molar-refractivity contribution in [1.82, 2.24) is 15.0 Å². The molecule has 0 aliphatic carbocycles. The number of aromatic carboxylic acids is 1. The normalized spacial score (nSPS) is 10.3. The number of rotatable bonds is 11. The largest absolute Gasteiger partial charge is 0.490 e. The van der Waals surface area contributed by atoms with Crippen LogP contribution >= 0.6 is 45.9 Å². The summed E-state index contributed by atoms with van der Waals surface area (Å²) >= 11 is 15.0. The molecule has 0 radical (unpaired) electrons. The molecule has 0 saturated heterocycles. The number of H-pyrrole nitrogens is 1. The van der Waals surface area contributed by atoms with Gasteiger partial charge in [0.05, 0.1) is 30.1 Å². The maximum atomic E-state index is 12.3. The number of nitrogens with one attached hydrogen (secondary N) is 1. The van der Waals surface area contributed by atoms with Gasteiger partial charge in [0, 0.05) is 53.4 Å². The lowest BCUT2D eigenvalue weighted by atomic mass is 10.1. The Kier molecular flexibility index (Phi) is 16.6. The minimum atomic E-state index is -0.951. The Morgan fingerprint density at radius 3 is 1.96 bits per heavy atom. The molecule has 4 N–H and O–H groups in total. The Morgan fingerprint density at radius 1 is 0.898 bits per heavy atom. The lowest BCUT2D eigenvalue weighted by Crippen LogP contribution is -2.07. The number of carboxylic acid groups (broad SMARTS) is 1. The third kappa shape index (κ3) is 11.5. The van der Waals surface area contributed by atoms with E-state index in [4.69, 9.17) is 53.0 Å². The average Bonchev–Trinajstić information content (AvgIpc) is 3.69. The lowest BCUT2D eigenvalue weighted by molar-refractivity contribution is 0.0696. The second-order valence-electron chi connectivity index (χ2n) is 9.82. The number of anilines is 1. The number of ether oxygens (including phenoxy) is 4. The number of methoxy groups -OCH3 is 2. The van der Waals surface area contributed by atoms with Crippen molar-refractivity contribution in [3.8, 4) is 22.2 Å². The number of nitrogens with zero attached hydrogens (tertiary/aromatic N) is 2. The molecule has 0 aliphatic rings. The van der Waals surface area contributed by atoms with Gasteiger partial charge in [-0.05, 0) is 45.0 Å². The van der Waals surface area contributed by atoms with Crippen LogP contribution in [0.2, 0.25) is 10.0 Å². The molecule has 0 saturated carbocycles. The summed E-state index contributed by atoms with van der Waals surface area (Å²) in [5.41, 5.74) is 9.15. The molecule has 5 rings (SSSR count). The topological polar surface area (TPSA) is 176 Å². The molecule has 5 aromatic rings. The molecule has 3 heterocycles. The quantitative estimate of drug-likeness (QED) is 0.0689. The van der Waals surface area contributed by atoms with E-state index < -0.39 is 5.97 Å². The molecule has 0 atom stereocenters. The third-order valence-corrected chi connectivity index (χ3v) is 8.88. The van der Waals surface area contributed by atoms with Crippen LogP contribution in [0.1, 0.15) is 45.9 Å². The van der Waals surface area contributed by atoms with Crippen molar-refractivity contribution >= 4 is 74.2 Å². The zero-order valence-corrected chi connectivity index (χ0v) is 29.9. The molecule has 12 nitrogen and oxygen atoms in total. The van der Waals surface area contributed by atoms with E-state index in [-0.39, 0.29) is 34.4 Å². The number of ketones is 1. The van der Waals surface area contributed by atoms with Gasteiger partial charge in [-0.25, -0.2) is 14.8 Å². The number of nitrogen functional groups attached to an aromatic ring is 1. The molecular formula is C33H38Cl2N4O8S2. The van der Waals surface area contributed by atoms with Gasteiger partial charge in [-0.2, -0.15) is 0 Å². The van der Waals surface area contributed by atoms with Crippen LogP contribution in [0, 0.1) is 13.8 Å². The Bertz CT molecular complexity index is 1930. The fourth-order valence-electron chi connectivity index (χ4n) is 3.88. The molecule has 49 heavy (non-hydrogen) atoms.